The van der Waals surface area contributed by atoms with Gasteiger partial charge in [0.15, 0.2) is 0 Å². The third kappa shape index (κ3) is 4.25. The van der Waals surface area contributed by atoms with Gasteiger partial charge in [-0.25, -0.2) is 0 Å². The second-order valence-electron chi connectivity index (χ2n) is 5.59. The summed E-state index contributed by atoms with van der Waals surface area (Å²) in [5, 5.41) is 9.85. The molecule has 96 valence electrons. The highest BCUT2D eigenvalue weighted by Crippen LogP contribution is 2.26. The number of aryl methyl sites for hydroxylation is 1. The van der Waals surface area contributed by atoms with E-state index in [-0.39, 0.29) is 21.4 Å². The minimum Gasteiger partial charge on any atom is -0.425 e. The molecular formula is C14H23NO2. The van der Waals surface area contributed by atoms with E-state index in [9.17, 15) is 10.0 Å². The lowest BCUT2D eigenvalue weighted by molar-refractivity contribution is 0.160. The van der Waals surface area contributed by atoms with Crippen LogP contribution in [0.15, 0.2) is 16.9 Å². The van der Waals surface area contributed by atoms with Crippen LogP contribution in [-0.4, -0.2) is 9.94 Å². The van der Waals surface area contributed by atoms with Gasteiger partial charge in [-0.3, -0.25) is 4.79 Å². The van der Waals surface area contributed by atoms with Crippen molar-refractivity contribution in [3.05, 3.63) is 33.7 Å². The third-order valence-electron chi connectivity index (χ3n) is 2.32. The minimum absolute atomic E-state index is 0.144. The van der Waals surface area contributed by atoms with E-state index >= 15 is 0 Å². The Labute approximate surface area is 110 Å². The number of aromatic nitrogens is 1. The molecule has 0 saturated heterocycles. The summed E-state index contributed by atoms with van der Waals surface area (Å²) in [4.78, 5) is 11.8. The maximum atomic E-state index is 11.8. The first-order valence-corrected chi connectivity index (χ1v) is 5.63. The number of hydrogen-bond acceptors (Lipinski definition) is 2. The molecule has 0 aliphatic carbocycles. The summed E-state index contributed by atoms with van der Waals surface area (Å²) in [6.45, 7) is 5.03. The van der Waals surface area contributed by atoms with Gasteiger partial charge in [0.2, 0.25) is 0 Å². The summed E-state index contributed by atoms with van der Waals surface area (Å²) in [5.74, 6) is -0.517. The molecule has 1 unspecified atom stereocenters. The van der Waals surface area contributed by atoms with Gasteiger partial charge < -0.3 is 5.21 Å². The van der Waals surface area contributed by atoms with Gasteiger partial charge in [-0.05, 0) is 42.6 Å². The van der Waals surface area contributed by atoms with E-state index in [1.54, 1.807) is 6.92 Å². The minimum atomic E-state index is -2.54. The van der Waals surface area contributed by atoms with Gasteiger partial charge in [0.1, 0.15) is 0 Å². The predicted molar refractivity (Wildman–Crippen MR) is 69.6 cm³/mol. The van der Waals surface area contributed by atoms with E-state index in [0.717, 1.165) is 12.1 Å². The molecule has 3 heteroatoms. The van der Waals surface area contributed by atoms with Crippen molar-refractivity contribution in [3.63, 3.8) is 0 Å². The molecule has 1 atom stereocenters. The summed E-state index contributed by atoms with van der Waals surface area (Å²) < 4.78 is 38.8. The van der Waals surface area contributed by atoms with Crippen LogP contribution in [-0.2, 0) is 6.37 Å². The maximum absolute atomic E-state index is 11.8. The van der Waals surface area contributed by atoms with Gasteiger partial charge in [0.05, 0.1) is 5.69 Å². The first-order valence-electron chi connectivity index (χ1n) is 8.13. The van der Waals surface area contributed by atoms with Crippen LogP contribution in [0, 0.1) is 18.2 Å². The molecule has 0 aromatic carbocycles. The van der Waals surface area contributed by atoms with Crippen LogP contribution in [0.3, 0.4) is 0 Å². The Bertz CT molecular complexity index is 599. The van der Waals surface area contributed by atoms with Gasteiger partial charge in [0.25, 0.3) is 5.56 Å². The van der Waals surface area contributed by atoms with Gasteiger partial charge >= 0.3 is 0 Å². The molecular weight excluding hydrogens is 214 g/mol. The van der Waals surface area contributed by atoms with Gasteiger partial charge in [-0.15, -0.1) is 0 Å². The van der Waals surface area contributed by atoms with E-state index in [1.807, 2.05) is 20.8 Å². The van der Waals surface area contributed by atoms with Crippen LogP contribution in [0.4, 0.5) is 0 Å². The highest BCUT2D eigenvalue weighted by molar-refractivity contribution is 5.15. The lowest BCUT2D eigenvalue weighted by Crippen LogP contribution is -2.23. The molecule has 1 rings (SSSR count). The third-order valence-corrected chi connectivity index (χ3v) is 2.32. The van der Waals surface area contributed by atoms with Crippen LogP contribution in [0.1, 0.15) is 52.2 Å². The lowest BCUT2D eigenvalue weighted by atomic mass is 9.83. The number of rotatable bonds is 3. The quantitative estimate of drug-likeness (QED) is 0.828. The van der Waals surface area contributed by atoms with Crippen LogP contribution >= 0.6 is 0 Å². The van der Waals surface area contributed by atoms with Gasteiger partial charge in [-0.1, -0.05) is 27.7 Å². The molecule has 0 aliphatic heterocycles. The average molecular weight is 242 g/mol. The van der Waals surface area contributed by atoms with Crippen molar-refractivity contribution in [2.75, 3.05) is 0 Å². The Morgan fingerprint density at radius 3 is 2.71 bits per heavy atom. The Morgan fingerprint density at radius 2 is 2.18 bits per heavy atom. The SMILES string of the molecule is [2H]C([2H])([2H])c1cc(C([2H])([2H])C(C)CC(C)(C)C)n(O)c(=O)c1. The van der Waals surface area contributed by atoms with Crippen molar-refractivity contribution in [1.82, 2.24) is 4.73 Å². The van der Waals surface area contributed by atoms with Crippen LogP contribution in [0.5, 0.6) is 0 Å². The van der Waals surface area contributed by atoms with Crippen molar-refractivity contribution in [2.24, 2.45) is 11.3 Å². The van der Waals surface area contributed by atoms with E-state index in [1.165, 1.54) is 0 Å². The zero-order valence-electron chi connectivity index (χ0n) is 15.7. The van der Waals surface area contributed by atoms with Crippen molar-refractivity contribution in [2.45, 2.75) is 47.3 Å². The standard InChI is InChI=1S/C14H23NO2/c1-10-6-12(15(17)13(16)8-10)7-11(2)9-14(3,4)5/h6,8,11,17H,7,9H2,1-5H3/i1D3,7D2. The predicted octanol–water partition coefficient (Wildman–Crippen LogP) is 3.01. The zero-order chi connectivity index (χ0) is 17.5. The fourth-order valence-electron chi connectivity index (χ4n) is 1.89. The molecule has 0 amide bonds. The highest BCUT2D eigenvalue weighted by Gasteiger charge is 2.17. The van der Waals surface area contributed by atoms with Crippen LogP contribution in [0.25, 0.3) is 0 Å². The molecule has 1 aromatic heterocycles. The molecule has 0 radical (unpaired) electrons. The molecule has 3 nitrogen and oxygen atoms in total. The lowest BCUT2D eigenvalue weighted by Gasteiger charge is -2.23. The Morgan fingerprint density at radius 1 is 1.53 bits per heavy atom. The van der Waals surface area contributed by atoms with E-state index in [0.29, 0.717) is 6.42 Å². The topological polar surface area (TPSA) is 42.2 Å². The molecule has 1 N–H and O–H groups in total. The largest absolute Gasteiger partial charge is 0.425 e. The summed E-state index contributed by atoms with van der Waals surface area (Å²) in [5.41, 5.74) is -1.70. The zero-order valence-corrected chi connectivity index (χ0v) is 10.7. The molecule has 17 heavy (non-hydrogen) atoms. The molecule has 0 spiro atoms. The summed E-state index contributed by atoms with van der Waals surface area (Å²) in [7, 11) is 0. The summed E-state index contributed by atoms with van der Waals surface area (Å²) in [6.07, 6.45) is -1.53. The number of nitrogens with zero attached hydrogens (tertiary/aromatic N) is 1. The van der Waals surface area contributed by atoms with Crippen molar-refractivity contribution < 1.29 is 12.1 Å². The van der Waals surface area contributed by atoms with Crippen molar-refractivity contribution >= 4 is 0 Å². The smallest absolute Gasteiger partial charge is 0.283 e. The van der Waals surface area contributed by atoms with Crippen molar-refractivity contribution in [3.8, 4) is 0 Å². The maximum Gasteiger partial charge on any atom is 0.283 e. The summed E-state index contributed by atoms with van der Waals surface area (Å²) >= 11 is 0. The number of hydrogen-bond donors (Lipinski definition) is 1. The second kappa shape index (κ2) is 4.94. The second-order valence-corrected chi connectivity index (χ2v) is 5.59. The highest BCUT2D eigenvalue weighted by atomic mass is 16.5. The first kappa shape index (κ1) is 7.96. The first-order chi connectivity index (χ1) is 9.66. The molecule has 1 heterocycles. The molecule has 0 aliphatic rings. The number of pyridine rings is 1. The fourth-order valence-corrected chi connectivity index (χ4v) is 1.89. The van der Waals surface area contributed by atoms with Crippen LogP contribution in [0.2, 0.25) is 0 Å². The fraction of sp³-hybridized carbons (Fsp3) is 0.643. The molecule has 0 bridgehead atoms. The van der Waals surface area contributed by atoms with Crippen LogP contribution < -0.4 is 5.56 Å². The molecule has 1 aromatic rings. The Balaban J connectivity index is 3.41. The van der Waals surface area contributed by atoms with Crippen molar-refractivity contribution in [1.29, 1.82) is 0 Å². The van der Waals surface area contributed by atoms with E-state index in [4.69, 9.17) is 6.85 Å². The molecule has 0 fully saturated rings. The monoisotopic (exact) mass is 242 g/mol. The van der Waals surface area contributed by atoms with Gasteiger partial charge in [0, 0.05) is 12.9 Å². The summed E-state index contributed by atoms with van der Waals surface area (Å²) in [6, 6.07) is 1.86. The van der Waals surface area contributed by atoms with E-state index < -0.39 is 24.7 Å². The van der Waals surface area contributed by atoms with E-state index in [2.05, 4.69) is 0 Å². The molecule has 0 saturated carbocycles. The average Bonchev–Trinajstić information content (AvgIpc) is 2.28. The van der Waals surface area contributed by atoms with Gasteiger partial charge in [-0.2, -0.15) is 4.73 Å². The normalized spacial score (nSPS) is 19.6. The Kier molecular flexibility index (Phi) is 2.31. The Hall–Kier alpha value is -1.25.